The van der Waals surface area contributed by atoms with E-state index in [4.69, 9.17) is 4.98 Å². The maximum absolute atomic E-state index is 4.95. The van der Waals surface area contributed by atoms with Crippen LogP contribution in [0.25, 0.3) is 0 Å². The number of rotatable bonds is 2. The molecule has 2 heterocycles. The van der Waals surface area contributed by atoms with Crippen molar-refractivity contribution < 1.29 is 0 Å². The third-order valence-electron chi connectivity index (χ3n) is 4.90. The van der Waals surface area contributed by atoms with Crippen molar-refractivity contribution in [2.45, 2.75) is 58.4 Å². The predicted molar refractivity (Wildman–Crippen MR) is 86.6 cm³/mol. The molecule has 4 nitrogen and oxygen atoms in total. The van der Waals surface area contributed by atoms with E-state index in [0.29, 0.717) is 11.5 Å². The SMILES string of the molecule is CNC1CC(C)(C)Cc2nc(N3CCCCCC3)ncc21. The van der Waals surface area contributed by atoms with Crippen LogP contribution in [-0.2, 0) is 6.42 Å². The third-order valence-corrected chi connectivity index (χ3v) is 4.90. The minimum absolute atomic E-state index is 0.311. The first kappa shape index (κ1) is 14.8. The molecule has 1 atom stereocenters. The van der Waals surface area contributed by atoms with Crippen molar-refractivity contribution >= 4 is 5.95 Å². The average molecular weight is 288 g/mol. The summed E-state index contributed by atoms with van der Waals surface area (Å²) in [5, 5.41) is 3.43. The quantitative estimate of drug-likeness (QED) is 0.908. The van der Waals surface area contributed by atoms with E-state index in [-0.39, 0.29) is 0 Å². The van der Waals surface area contributed by atoms with E-state index in [2.05, 4.69) is 35.2 Å². The Labute approximate surface area is 128 Å². The molecule has 1 aromatic rings. The van der Waals surface area contributed by atoms with Crippen LogP contribution in [-0.4, -0.2) is 30.1 Å². The van der Waals surface area contributed by atoms with Gasteiger partial charge in [0.25, 0.3) is 0 Å². The molecule has 3 rings (SSSR count). The lowest BCUT2D eigenvalue weighted by Crippen LogP contribution is -2.34. The summed E-state index contributed by atoms with van der Waals surface area (Å²) in [6.07, 6.45) is 9.51. The maximum Gasteiger partial charge on any atom is 0.225 e. The molecule has 0 bridgehead atoms. The number of fused-ring (bicyclic) bond motifs is 1. The predicted octanol–water partition coefficient (Wildman–Crippen LogP) is 3.09. The molecule has 1 fully saturated rings. The summed E-state index contributed by atoms with van der Waals surface area (Å²) < 4.78 is 0. The summed E-state index contributed by atoms with van der Waals surface area (Å²) >= 11 is 0. The molecule has 0 amide bonds. The molecular weight excluding hydrogens is 260 g/mol. The van der Waals surface area contributed by atoms with E-state index in [1.807, 2.05) is 7.05 Å². The summed E-state index contributed by atoms with van der Waals surface area (Å²) in [4.78, 5) is 12.0. The Morgan fingerprint density at radius 3 is 2.57 bits per heavy atom. The molecule has 0 spiro atoms. The van der Waals surface area contributed by atoms with Gasteiger partial charge in [-0.1, -0.05) is 26.7 Å². The van der Waals surface area contributed by atoms with Crippen LogP contribution in [0, 0.1) is 5.41 Å². The van der Waals surface area contributed by atoms with Crippen LogP contribution in [0.1, 0.15) is 63.3 Å². The second-order valence-corrected chi connectivity index (χ2v) is 7.36. The minimum atomic E-state index is 0.311. The summed E-state index contributed by atoms with van der Waals surface area (Å²) in [6, 6.07) is 0.391. The van der Waals surface area contributed by atoms with Gasteiger partial charge < -0.3 is 10.2 Å². The second kappa shape index (κ2) is 5.91. The van der Waals surface area contributed by atoms with Crippen molar-refractivity contribution in [3.05, 3.63) is 17.5 Å². The molecule has 21 heavy (non-hydrogen) atoms. The zero-order valence-corrected chi connectivity index (χ0v) is 13.7. The van der Waals surface area contributed by atoms with Gasteiger partial charge in [0.1, 0.15) is 0 Å². The summed E-state index contributed by atoms with van der Waals surface area (Å²) in [6.45, 7) is 6.90. The number of hydrogen-bond donors (Lipinski definition) is 1. The molecule has 1 aromatic heterocycles. The summed E-state index contributed by atoms with van der Waals surface area (Å²) in [5.74, 6) is 0.947. The standard InChI is InChI=1S/C17H28N4/c1-17(2)10-14(18-3)13-12-19-16(20-15(13)11-17)21-8-6-4-5-7-9-21/h12,14,18H,4-11H2,1-3H3. The Balaban J connectivity index is 1.89. The maximum atomic E-state index is 4.95. The van der Waals surface area contributed by atoms with Gasteiger partial charge in [0.2, 0.25) is 5.95 Å². The van der Waals surface area contributed by atoms with Crippen LogP contribution in [0.15, 0.2) is 6.20 Å². The number of hydrogen-bond acceptors (Lipinski definition) is 4. The molecule has 116 valence electrons. The van der Waals surface area contributed by atoms with E-state index in [1.165, 1.54) is 36.9 Å². The van der Waals surface area contributed by atoms with Crippen molar-refractivity contribution in [3.8, 4) is 0 Å². The Bertz CT molecular complexity index is 490. The second-order valence-electron chi connectivity index (χ2n) is 7.36. The highest BCUT2D eigenvalue weighted by molar-refractivity contribution is 5.36. The summed E-state index contributed by atoms with van der Waals surface area (Å²) in [7, 11) is 2.04. The van der Waals surface area contributed by atoms with Gasteiger partial charge in [-0.05, 0) is 38.1 Å². The molecule has 0 radical (unpaired) electrons. The molecule has 0 aromatic carbocycles. The molecule has 1 saturated heterocycles. The van der Waals surface area contributed by atoms with Crippen LogP contribution in [0.4, 0.5) is 5.95 Å². The normalized spacial score (nSPS) is 25.3. The van der Waals surface area contributed by atoms with Gasteiger partial charge in [-0.3, -0.25) is 0 Å². The van der Waals surface area contributed by atoms with Crippen LogP contribution in [0.5, 0.6) is 0 Å². The van der Waals surface area contributed by atoms with Crippen molar-refractivity contribution in [2.75, 3.05) is 25.0 Å². The Morgan fingerprint density at radius 1 is 1.19 bits per heavy atom. The average Bonchev–Trinajstić information content (AvgIpc) is 2.73. The molecule has 2 aliphatic rings. The van der Waals surface area contributed by atoms with E-state index >= 15 is 0 Å². The molecular formula is C17H28N4. The van der Waals surface area contributed by atoms with E-state index < -0.39 is 0 Å². The first-order valence-electron chi connectivity index (χ1n) is 8.37. The van der Waals surface area contributed by atoms with Gasteiger partial charge in [0.15, 0.2) is 0 Å². The van der Waals surface area contributed by atoms with E-state index in [1.54, 1.807) is 0 Å². The van der Waals surface area contributed by atoms with Gasteiger partial charge in [0, 0.05) is 30.9 Å². The lowest BCUT2D eigenvalue weighted by molar-refractivity contribution is 0.260. The van der Waals surface area contributed by atoms with Crippen molar-refractivity contribution in [1.82, 2.24) is 15.3 Å². The number of nitrogens with one attached hydrogen (secondary N) is 1. The van der Waals surface area contributed by atoms with Gasteiger partial charge in [-0.2, -0.15) is 0 Å². The molecule has 0 saturated carbocycles. The Hall–Kier alpha value is -1.16. The first-order valence-corrected chi connectivity index (χ1v) is 8.37. The highest BCUT2D eigenvalue weighted by Gasteiger charge is 2.33. The summed E-state index contributed by atoms with van der Waals surface area (Å²) in [5.41, 5.74) is 2.86. The highest BCUT2D eigenvalue weighted by atomic mass is 15.2. The number of anilines is 1. The Kier molecular flexibility index (Phi) is 4.16. The first-order chi connectivity index (χ1) is 10.1. The van der Waals surface area contributed by atoms with E-state index in [9.17, 15) is 0 Å². The molecule has 1 unspecified atom stereocenters. The van der Waals surface area contributed by atoms with Crippen molar-refractivity contribution in [2.24, 2.45) is 5.41 Å². The smallest absolute Gasteiger partial charge is 0.225 e. The molecule has 1 N–H and O–H groups in total. The van der Waals surface area contributed by atoms with Gasteiger partial charge in [-0.25, -0.2) is 9.97 Å². The lowest BCUT2D eigenvalue weighted by atomic mass is 9.74. The van der Waals surface area contributed by atoms with Gasteiger partial charge >= 0.3 is 0 Å². The topological polar surface area (TPSA) is 41.1 Å². The van der Waals surface area contributed by atoms with Crippen molar-refractivity contribution in [1.29, 1.82) is 0 Å². The Morgan fingerprint density at radius 2 is 1.90 bits per heavy atom. The fraction of sp³-hybridized carbons (Fsp3) is 0.765. The fourth-order valence-electron chi connectivity index (χ4n) is 3.72. The third kappa shape index (κ3) is 3.20. The zero-order chi connectivity index (χ0) is 14.9. The monoisotopic (exact) mass is 288 g/mol. The van der Waals surface area contributed by atoms with Gasteiger partial charge in [0.05, 0.1) is 5.69 Å². The largest absolute Gasteiger partial charge is 0.341 e. The highest BCUT2D eigenvalue weighted by Crippen LogP contribution is 2.39. The fourth-order valence-corrected chi connectivity index (χ4v) is 3.72. The van der Waals surface area contributed by atoms with Crippen LogP contribution in [0.3, 0.4) is 0 Å². The number of aromatic nitrogens is 2. The van der Waals surface area contributed by atoms with Crippen LogP contribution < -0.4 is 10.2 Å². The molecule has 1 aliphatic carbocycles. The van der Waals surface area contributed by atoms with Crippen LogP contribution >= 0.6 is 0 Å². The minimum Gasteiger partial charge on any atom is -0.341 e. The molecule has 1 aliphatic heterocycles. The van der Waals surface area contributed by atoms with E-state index in [0.717, 1.165) is 31.9 Å². The zero-order valence-electron chi connectivity index (χ0n) is 13.7. The van der Waals surface area contributed by atoms with Crippen molar-refractivity contribution in [3.63, 3.8) is 0 Å². The van der Waals surface area contributed by atoms with Gasteiger partial charge in [-0.15, -0.1) is 0 Å². The van der Waals surface area contributed by atoms with Crippen LogP contribution in [0.2, 0.25) is 0 Å². The lowest BCUT2D eigenvalue weighted by Gasteiger charge is -2.36. The number of nitrogens with zero attached hydrogens (tertiary/aromatic N) is 3. The molecule has 4 heteroatoms.